The summed E-state index contributed by atoms with van der Waals surface area (Å²) in [6.07, 6.45) is 4.39. The number of rotatable bonds is 6. The second kappa shape index (κ2) is 7.71. The van der Waals surface area contributed by atoms with Crippen molar-refractivity contribution in [3.05, 3.63) is 11.3 Å². The second-order valence-corrected chi connectivity index (χ2v) is 5.70. The van der Waals surface area contributed by atoms with E-state index in [-0.39, 0.29) is 23.6 Å². The number of ether oxygens (including phenoxy) is 1. The monoisotopic (exact) mass is 295 g/mol. The van der Waals surface area contributed by atoms with Gasteiger partial charge in [0, 0.05) is 19.4 Å². The number of nitrogens with one attached hydrogen (secondary N) is 1. The molecule has 1 N–H and O–H groups in total. The predicted molar refractivity (Wildman–Crippen MR) is 78.4 cm³/mol. The maximum atomic E-state index is 12.4. The lowest BCUT2D eigenvalue weighted by atomic mass is 9.79. The molecular formula is C16H25NO4. The molecule has 2 aliphatic rings. The summed E-state index contributed by atoms with van der Waals surface area (Å²) in [4.78, 5) is 30.0. The number of ketones is 2. The van der Waals surface area contributed by atoms with Gasteiger partial charge in [0.2, 0.25) is 0 Å². The molecule has 1 unspecified atom stereocenters. The molecule has 0 aromatic rings. The summed E-state index contributed by atoms with van der Waals surface area (Å²) in [5.41, 5.74) is 3.75. The van der Waals surface area contributed by atoms with Crippen LogP contribution in [-0.4, -0.2) is 30.9 Å². The first-order chi connectivity index (χ1) is 10.2. The summed E-state index contributed by atoms with van der Waals surface area (Å²) >= 11 is 0. The average Bonchev–Trinajstić information content (AvgIpc) is 2.98. The molecule has 1 saturated carbocycles. The average molecular weight is 295 g/mol. The summed E-state index contributed by atoms with van der Waals surface area (Å²) in [6, 6.07) is 0. The Morgan fingerprint density at radius 3 is 2.52 bits per heavy atom. The molecule has 1 atom stereocenters. The minimum atomic E-state index is -0.0672. The van der Waals surface area contributed by atoms with Crippen LogP contribution in [0.2, 0.25) is 0 Å². The van der Waals surface area contributed by atoms with Gasteiger partial charge in [0.1, 0.15) is 0 Å². The summed E-state index contributed by atoms with van der Waals surface area (Å²) < 4.78 is 5.64. The second-order valence-electron chi connectivity index (χ2n) is 5.70. The van der Waals surface area contributed by atoms with Gasteiger partial charge in [-0.3, -0.25) is 19.9 Å². The maximum absolute atomic E-state index is 12.4. The van der Waals surface area contributed by atoms with Gasteiger partial charge in [-0.25, -0.2) is 0 Å². The highest BCUT2D eigenvalue weighted by Gasteiger charge is 2.38. The van der Waals surface area contributed by atoms with Crippen molar-refractivity contribution in [3.8, 4) is 0 Å². The molecule has 5 heteroatoms. The van der Waals surface area contributed by atoms with Crippen LogP contribution in [0.15, 0.2) is 11.3 Å². The zero-order valence-electron chi connectivity index (χ0n) is 12.9. The lowest BCUT2D eigenvalue weighted by Crippen LogP contribution is -2.35. The fourth-order valence-electron chi connectivity index (χ4n) is 3.12. The van der Waals surface area contributed by atoms with Gasteiger partial charge in [0.25, 0.3) is 0 Å². The van der Waals surface area contributed by atoms with Crippen molar-refractivity contribution < 1.29 is 19.2 Å². The lowest BCUT2D eigenvalue weighted by Gasteiger charge is -2.27. The summed E-state index contributed by atoms with van der Waals surface area (Å²) in [5.74, 6) is -0.0870. The molecule has 118 valence electrons. The van der Waals surface area contributed by atoms with Gasteiger partial charge in [-0.1, -0.05) is 13.3 Å². The molecule has 0 aromatic carbocycles. The quantitative estimate of drug-likeness (QED) is 0.463. The molecular weight excluding hydrogens is 270 g/mol. The number of Topliss-reactive ketones (excluding diaryl/α,β-unsaturated/α-hetero) is 2. The SMILES string of the molecule is CCCC(NOCC)=C1C(=O)CC(C2CCCO2)CC1=O. The minimum absolute atomic E-state index is 0.0474. The van der Waals surface area contributed by atoms with E-state index in [9.17, 15) is 9.59 Å². The van der Waals surface area contributed by atoms with Crippen molar-refractivity contribution in [3.63, 3.8) is 0 Å². The van der Waals surface area contributed by atoms with Crippen molar-refractivity contribution in [1.82, 2.24) is 5.48 Å². The van der Waals surface area contributed by atoms with Crippen LogP contribution in [0.4, 0.5) is 0 Å². The fraction of sp³-hybridized carbons (Fsp3) is 0.750. The highest BCUT2D eigenvalue weighted by atomic mass is 16.6. The summed E-state index contributed by atoms with van der Waals surface area (Å²) in [5, 5.41) is 0. The van der Waals surface area contributed by atoms with Crippen molar-refractivity contribution in [2.45, 2.75) is 58.5 Å². The highest BCUT2D eigenvalue weighted by Crippen LogP contribution is 2.32. The van der Waals surface area contributed by atoms with Crippen LogP contribution in [0, 0.1) is 5.92 Å². The molecule has 0 bridgehead atoms. The Labute approximate surface area is 126 Å². The Hall–Kier alpha value is -1.20. The minimum Gasteiger partial charge on any atom is -0.378 e. The predicted octanol–water partition coefficient (Wildman–Crippen LogP) is 2.31. The van der Waals surface area contributed by atoms with E-state index in [0.29, 0.717) is 37.1 Å². The molecule has 5 nitrogen and oxygen atoms in total. The Kier molecular flexibility index (Phi) is 5.94. The van der Waals surface area contributed by atoms with Gasteiger partial charge in [0.05, 0.1) is 24.0 Å². The third-order valence-corrected chi connectivity index (χ3v) is 4.09. The Morgan fingerprint density at radius 1 is 1.29 bits per heavy atom. The zero-order chi connectivity index (χ0) is 15.2. The molecule has 1 aliphatic carbocycles. The van der Waals surface area contributed by atoms with Crippen molar-refractivity contribution in [1.29, 1.82) is 0 Å². The molecule has 2 fully saturated rings. The summed E-state index contributed by atoms with van der Waals surface area (Å²) in [7, 11) is 0. The first-order valence-corrected chi connectivity index (χ1v) is 7.96. The van der Waals surface area contributed by atoms with E-state index in [1.807, 2.05) is 13.8 Å². The number of hydroxylamine groups is 1. The molecule has 21 heavy (non-hydrogen) atoms. The maximum Gasteiger partial charge on any atom is 0.168 e. The normalized spacial score (nSPS) is 26.3. The van der Waals surface area contributed by atoms with Crippen LogP contribution in [0.25, 0.3) is 0 Å². The lowest BCUT2D eigenvalue weighted by molar-refractivity contribution is -0.127. The van der Waals surface area contributed by atoms with E-state index < -0.39 is 0 Å². The van der Waals surface area contributed by atoms with Crippen molar-refractivity contribution in [2.75, 3.05) is 13.2 Å². The van der Waals surface area contributed by atoms with Gasteiger partial charge in [-0.2, -0.15) is 0 Å². The molecule has 1 saturated heterocycles. The number of carbonyl (C=O) groups excluding carboxylic acids is 2. The van der Waals surface area contributed by atoms with Crippen LogP contribution in [0.3, 0.4) is 0 Å². The Balaban J connectivity index is 2.12. The largest absolute Gasteiger partial charge is 0.378 e. The van der Waals surface area contributed by atoms with Crippen LogP contribution in [0.1, 0.15) is 52.4 Å². The van der Waals surface area contributed by atoms with Gasteiger partial charge < -0.3 is 4.74 Å². The van der Waals surface area contributed by atoms with E-state index in [1.54, 1.807) is 0 Å². The Morgan fingerprint density at radius 2 is 2.00 bits per heavy atom. The first-order valence-electron chi connectivity index (χ1n) is 7.96. The number of hydrogen-bond acceptors (Lipinski definition) is 5. The fourth-order valence-corrected chi connectivity index (χ4v) is 3.12. The van der Waals surface area contributed by atoms with Crippen LogP contribution >= 0.6 is 0 Å². The number of carbonyl (C=O) groups is 2. The molecule has 1 aliphatic heterocycles. The van der Waals surface area contributed by atoms with E-state index in [0.717, 1.165) is 25.9 Å². The topological polar surface area (TPSA) is 64.6 Å². The van der Waals surface area contributed by atoms with Gasteiger partial charge in [-0.05, 0) is 32.1 Å². The van der Waals surface area contributed by atoms with Gasteiger partial charge in [-0.15, -0.1) is 0 Å². The number of hydrogen-bond donors (Lipinski definition) is 1. The van der Waals surface area contributed by atoms with Crippen LogP contribution in [-0.2, 0) is 19.2 Å². The van der Waals surface area contributed by atoms with E-state index in [2.05, 4.69) is 5.48 Å². The summed E-state index contributed by atoms with van der Waals surface area (Å²) in [6.45, 7) is 5.11. The van der Waals surface area contributed by atoms with Crippen LogP contribution in [0.5, 0.6) is 0 Å². The Bertz CT molecular complexity index is 404. The third kappa shape index (κ3) is 3.92. The van der Waals surface area contributed by atoms with Gasteiger partial charge in [0.15, 0.2) is 11.6 Å². The molecule has 0 amide bonds. The van der Waals surface area contributed by atoms with E-state index >= 15 is 0 Å². The molecule has 0 radical (unpaired) electrons. The zero-order valence-corrected chi connectivity index (χ0v) is 12.9. The molecule has 1 heterocycles. The van der Waals surface area contributed by atoms with Gasteiger partial charge >= 0.3 is 0 Å². The van der Waals surface area contributed by atoms with E-state index in [1.165, 1.54) is 0 Å². The molecule has 0 spiro atoms. The highest BCUT2D eigenvalue weighted by molar-refractivity contribution is 6.22. The molecule has 0 aromatic heterocycles. The smallest absolute Gasteiger partial charge is 0.168 e. The van der Waals surface area contributed by atoms with E-state index in [4.69, 9.17) is 9.57 Å². The molecule has 2 rings (SSSR count). The van der Waals surface area contributed by atoms with Crippen molar-refractivity contribution >= 4 is 11.6 Å². The van der Waals surface area contributed by atoms with Crippen molar-refractivity contribution in [2.24, 2.45) is 5.92 Å². The standard InChI is InChI=1S/C16H25NO4/c1-3-6-12(17-21-4-2)16-13(18)9-11(10-14(16)19)15-7-5-8-20-15/h11,15,17H,3-10H2,1-2H3. The first kappa shape index (κ1) is 16.2. The number of allylic oxidation sites excluding steroid dienone is 2. The van der Waals surface area contributed by atoms with Crippen LogP contribution < -0.4 is 5.48 Å². The third-order valence-electron chi connectivity index (χ3n) is 4.09.